The minimum atomic E-state index is -0.950. The molecule has 24 heavy (non-hydrogen) atoms. The maximum Gasteiger partial charge on any atom is 0.320 e. The lowest BCUT2D eigenvalue weighted by Gasteiger charge is -2.27. The molecule has 0 aliphatic heterocycles. The highest BCUT2D eigenvalue weighted by molar-refractivity contribution is 5.85. The number of hydrogen-bond acceptors (Lipinski definition) is 2. The molecule has 0 saturated carbocycles. The van der Waals surface area contributed by atoms with E-state index in [-0.39, 0.29) is 36.0 Å². The van der Waals surface area contributed by atoms with Gasteiger partial charge in [0.2, 0.25) is 0 Å². The minimum absolute atomic E-state index is 0. The summed E-state index contributed by atoms with van der Waals surface area (Å²) in [4.78, 5) is 11.1. The van der Waals surface area contributed by atoms with Crippen LogP contribution in [0.25, 0.3) is 0 Å². The molecule has 0 aliphatic rings. The van der Waals surface area contributed by atoms with Crippen LogP contribution >= 0.6 is 12.4 Å². The van der Waals surface area contributed by atoms with Gasteiger partial charge in [-0.3, -0.25) is 4.79 Å². The monoisotopic (exact) mass is 355 g/mol. The van der Waals surface area contributed by atoms with Gasteiger partial charge >= 0.3 is 5.97 Å². The summed E-state index contributed by atoms with van der Waals surface area (Å²) in [6.45, 7) is 3.42. The van der Waals surface area contributed by atoms with E-state index in [1.54, 1.807) is 31.2 Å². The Morgan fingerprint density at radius 1 is 0.917 bits per heavy atom. The average Bonchev–Trinajstić information content (AvgIpc) is 2.51. The van der Waals surface area contributed by atoms with E-state index in [9.17, 15) is 13.6 Å². The topological polar surface area (TPSA) is 49.3 Å². The minimum Gasteiger partial charge on any atom is -0.480 e. The van der Waals surface area contributed by atoms with Gasteiger partial charge in [0.05, 0.1) is 0 Å². The van der Waals surface area contributed by atoms with Crippen molar-refractivity contribution in [2.45, 2.75) is 31.8 Å². The summed E-state index contributed by atoms with van der Waals surface area (Å²) in [5.74, 6) is -1.86. The second kappa shape index (κ2) is 8.76. The summed E-state index contributed by atoms with van der Waals surface area (Å²) in [6.07, 6.45) is 0. The molecule has 0 radical (unpaired) electrons. The molecule has 2 atom stereocenters. The average molecular weight is 356 g/mol. The van der Waals surface area contributed by atoms with Crippen LogP contribution in [0.2, 0.25) is 0 Å². The zero-order valence-corrected chi connectivity index (χ0v) is 14.2. The number of halogens is 3. The van der Waals surface area contributed by atoms with Crippen molar-refractivity contribution in [1.82, 2.24) is 5.32 Å². The molecule has 0 bridgehead atoms. The molecule has 0 fully saturated rings. The van der Waals surface area contributed by atoms with Crippen LogP contribution in [0, 0.1) is 11.6 Å². The summed E-state index contributed by atoms with van der Waals surface area (Å²) in [7, 11) is 0. The molecule has 0 aliphatic carbocycles. The van der Waals surface area contributed by atoms with Gasteiger partial charge in [-0.05, 0) is 49.2 Å². The van der Waals surface area contributed by atoms with Crippen molar-refractivity contribution in [3.05, 3.63) is 71.3 Å². The normalized spacial score (nSPS) is 13.2. The van der Waals surface area contributed by atoms with Crippen molar-refractivity contribution in [3.8, 4) is 0 Å². The number of carboxylic acids is 1. The summed E-state index contributed by atoms with van der Waals surface area (Å²) in [5.41, 5.74) is 1.66. The van der Waals surface area contributed by atoms with Crippen molar-refractivity contribution in [2.75, 3.05) is 0 Å². The third-order valence-electron chi connectivity index (χ3n) is 3.84. The van der Waals surface area contributed by atoms with Crippen LogP contribution in [-0.4, -0.2) is 23.2 Å². The van der Waals surface area contributed by atoms with Crippen LogP contribution in [0.3, 0.4) is 0 Å². The Kier molecular flexibility index (Phi) is 7.32. The van der Waals surface area contributed by atoms with E-state index in [0.29, 0.717) is 0 Å². The predicted molar refractivity (Wildman–Crippen MR) is 91.6 cm³/mol. The number of carboxylic acid groups (broad SMARTS) is 1. The highest BCUT2D eigenvalue weighted by atomic mass is 35.5. The molecule has 0 saturated heterocycles. The zero-order valence-electron chi connectivity index (χ0n) is 13.4. The Morgan fingerprint density at radius 2 is 1.29 bits per heavy atom. The molecule has 2 N–H and O–H groups in total. The van der Waals surface area contributed by atoms with E-state index in [2.05, 4.69) is 5.32 Å². The Bertz CT molecular complexity index is 616. The number of rotatable bonds is 6. The summed E-state index contributed by atoms with van der Waals surface area (Å²) in [6, 6.07) is 11.1. The molecular weight excluding hydrogens is 336 g/mol. The second-order valence-corrected chi connectivity index (χ2v) is 5.60. The quantitative estimate of drug-likeness (QED) is 0.824. The van der Waals surface area contributed by atoms with Gasteiger partial charge in [-0.15, -0.1) is 12.4 Å². The van der Waals surface area contributed by atoms with Crippen LogP contribution in [0.5, 0.6) is 0 Å². The molecule has 6 heteroatoms. The van der Waals surface area contributed by atoms with Crippen molar-refractivity contribution in [2.24, 2.45) is 0 Å². The molecule has 0 amide bonds. The molecule has 1 unspecified atom stereocenters. The van der Waals surface area contributed by atoms with E-state index in [1.165, 1.54) is 24.3 Å². The molecule has 0 aromatic heterocycles. The molecule has 0 spiro atoms. The number of benzene rings is 2. The summed E-state index contributed by atoms with van der Waals surface area (Å²) < 4.78 is 26.4. The molecular formula is C18H20ClF2NO2. The van der Waals surface area contributed by atoms with E-state index < -0.39 is 12.0 Å². The van der Waals surface area contributed by atoms with Gasteiger partial charge in [0.1, 0.15) is 17.7 Å². The van der Waals surface area contributed by atoms with Gasteiger partial charge in [0, 0.05) is 12.0 Å². The van der Waals surface area contributed by atoms with Crippen molar-refractivity contribution < 1.29 is 18.7 Å². The molecule has 2 rings (SSSR count). The van der Waals surface area contributed by atoms with Gasteiger partial charge in [-0.1, -0.05) is 24.3 Å². The lowest BCUT2D eigenvalue weighted by Crippen LogP contribution is -2.43. The summed E-state index contributed by atoms with van der Waals surface area (Å²) in [5, 5.41) is 12.1. The molecule has 3 nitrogen and oxygen atoms in total. The molecule has 2 aromatic carbocycles. The zero-order chi connectivity index (χ0) is 17.0. The fourth-order valence-corrected chi connectivity index (χ4v) is 2.67. The van der Waals surface area contributed by atoms with Crippen molar-refractivity contribution in [1.29, 1.82) is 0 Å². The first kappa shape index (κ1) is 20.1. The van der Waals surface area contributed by atoms with Gasteiger partial charge in [-0.2, -0.15) is 0 Å². The Labute approximate surface area is 146 Å². The van der Waals surface area contributed by atoms with Gasteiger partial charge < -0.3 is 10.4 Å². The third-order valence-corrected chi connectivity index (χ3v) is 3.84. The highest BCUT2D eigenvalue weighted by Gasteiger charge is 2.24. The molecule has 130 valence electrons. The van der Waals surface area contributed by atoms with Crippen molar-refractivity contribution >= 4 is 18.4 Å². The Morgan fingerprint density at radius 3 is 1.62 bits per heavy atom. The first-order valence-electron chi connectivity index (χ1n) is 7.38. The summed E-state index contributed by atoms with van der Waals surface area (Å²) >= 11 is 0. The maximum atomic E-state index is 13.2. The lowest BCUT2D eigenvalue weighted by atomic mass is 9.85. The SMILES string of the molecule is CC(N[C@@H](C)C(=O)O)C(c1ccc(F)cc1)c1ccc(F)cc1.Cl. The van der Waals surface area contributed by atoms with Crippen LogP contribution in [0.1, 0.15) is 30.9 Å². The molecule has 2 aromatic rings. The maximum absolute atomic E-state index is 13.2. The van der Waals surface area contributed by atoms with E-state index in [4.69, 9.17) is 5.11 Å². The van der Waals surface area contributed by atoms with Gasteiger partial charge in [-0.25, -0.2) is 8.78 Å². The first-order valence-corrected chi connectivity index (χ1v) is 7.38. The van der Waals surface area contributed by atoms with E-state index >= 15 is 0 Å². The largest absolute Gasteiger partial charge is 0.480 e. The highest BCUT2D eigenvalue weighted by Crippen LogP contribution is 2.29. The number of carbonyl (C=O) groups is 1. The van der Waals surface area contributed by atoms with Crippen LogP contribution in [0.15, 0.2) is 48.5 Å². The number of hydrogen-bond donors (Lipinski definition) is 2. The van der Waals surface area contributed by atoms with Gasteiger partial charge in [0.25, 0.3) is 0 Å². The standard InChI is InChI=1S/C18H19F2NO2.ClH/c1-11(21-12(2)18(22)23)17(13-3-7-15(19)8-4-13)14-5-9-16(20)10-6-14;/h3-12,17,21H,1-2H3,(H,22,23);1H/t11?,12-;/m0./s1. The fourth-order valence-electron chi connectivity index (χ4n) is 2.67. The lowest BCUT2D eigenvalue weighted by molar-refractivity contribution is -0.139. The van der Waals surface area contributed by atoms with Crippen LogP contribution in [0.4, 0.5) is 8.78 Å². The van der Waals surface area contributed by atoms with Crippen LogP contribution in [-0.2, 0) is 4.79 Å². The fraction of sp³-hybridized carbons (Fsp3) is 0.278. The Balaban J connectivity index is 0.00000288. The van der Waals surface area contributed by atoms with Crippen LogP contribution < -0.4 is 5.32 Å². The number of nitrogens with one attached hydrogen (secondary N) is 1. The van der Waals surface area contributed by atoms with Gasteiger partial charge in [0.15, 0.2) is 0 Å². The van der Waals surface area contributed by atoms with E-state index in [1.807, 2.05) is 6.92 Å². The second-order valence-electron chi connectivity index (χ2n) is 5.60. The third kappa shape index (κ3) is 5.01. The Hall–Kier alpha value is -1.98. The predicted octanol–water partition coefficient (Wildman–Crippen LogP) is 3.97. The van der Waals surface area contributed by atoms with Crippen molar-refractivity contribution in [3.63, 3.8) is 0 Å². The number of aliphatic carboxylic acids is 1. The van der Waals surface area contributed by atoms with E-state index in [0.717, 1.165) is 11.1 Å². The smallest absolute Gasteiger partial charge is 0.320 e. The first-order chi connectivity index (χ1) is 10.9. The molecule has 0 heterocycles.